The van der Waals surface area contributed by atoms with Crippen LogP contribution in [0.4, 0.5) is 18.9 Å². The second kappa shape index (κ2) is 3.55. The van der Waals surface area contributed by atoms with E-state index in [-0.39, 0.29) is 16.8 Å². The Hall–Kier alpha value is -1.98. The minimum absolute atomic E-state index is 0.169. The zero-order valence-corrected chi connectivity index (χ0v) is 7.95. The van der Waals surface area contributed by atoms with Crippen LogP contribution in [0.2, 0.25) is 0 Å². The molecule has 1 aromatic heterocycles. The normalized spacial score (nSPS) is 11.7. The third kappa shape index (κ3) is 2.00. The van der Waals surface area contributed by atoms with Crippen LogP contribution in [-0.4, -0.2) is 11.3 Å². The van der Waals surface area contributed by atoms with Crippen LogP contribution >= 0.6 is 0 Å². The zero-order chi connectivity index (χ0) is 11.8. The fraction of sp³-hybridized carbons (Fsp3) is 0.100. The SMILES string of the molecule is Nc1ccnc2cccc(OC(F)(F)F)c12. The quantitative estimate of drug-likeness (QED) is 0.816. The van der Waals surface area contributed by atoms with Gasteiger partial charge in [0.15, 0.2) is 0 Å². The van der Waals surface area contributed by atoms with E-state index < -0.39 is 6.36 Å². The first-order valence-corrected chi connectivity index (χ1v) is 4.36. The van der Waals surface area contributed by atoms with Crippen LogP contribution in [0.15, 0.2) is 30.5 Å². The van der Waals surface area contributed by atoms with Crippen molar-refractivity contribution in [2.24, 2.45) is 0 Å². The Labute approximate surface area is 88.6 Å². The summed E-state index contributed by atoms with van der Waals surface area (Å²) in [7, 11) is 0. The highest BCUT2D eigenvalue weighted by Gasteiger charge is 2.32. The van der Waals surface area contributed by atoms with Crippen LogP contribution in [0, 0.1) is 0 Å². The number of nitrogens with zero attached hydrogens (tertiary/aromatic N) is 1. The molecule has 84 valence electrons. The molecule has 0 aliphatic rings. The maximum Gasteiger partial charge on any atom is 0.573 e. The van der Waals surface area contributed by atoms with Gasteiger partial charge in [-0.1, -0.05) is 6.07 Å². The maximum atomic E-state index is 12.1. The van der Waals surface area contributed by atoms with Gasteiger partial charge in [-0.25, -0.2) is 0 Å². The number of hydrogen-bond donors (Lipinski definition) is 1. The number of nitrogens with two attached hydrogens (primary N) is 1. The number of hydrogen-bond acceptors (Lipinski definition) is 3. The summed E-state index contributed by atoms with van der Waals surface area (Å²) in [5.74, 6) is -0.337. The van der Waals surface area contributed by atoms with Gasteiger partial charge in [0.25, 0.3) is 0 Å². The number of fused-ring (bicyclic) bond motifs is 1. The van der Waals surface area contributed by atoms with E-state index in [1.165, 1.54) is 24.4 Å². The molecule has 0 radical (unpaired) electrons. The third-order valence-electron chi connectivity index (χ3n) is 1.99. The summed E-state index contributed by atoms with van der Waals surface area (Å²) < 4.78 is 40.2. The lowest BCUT2D eigenvalue weighted by Crippen LogP contribution is -2.17. The third-order valence-corrected chi connectivity index (χ3v) is 1.99. The number of aromatic nitrogens is 1. The average Bonchev–Trinajstić information content (AvgIpc) is 2.15. The van der Waals surface area contributed by atoms with Crippen molar-refractivity contribution in [2.75, 3.05) is 5.73 Å². The van der Waals surface area contributed by atoms with Gasteiger partial charge in [-0.15, -0.1) is 13.2 Å². The molecule has 0 amide bonds. The highest BCUT2D eigenvalue weighted by molar-refractivity contribution is 5.95. The number of benzene rings is 1. The molecule has 0 spiro atoms. The molecule has 3 nitrogen and oxygen atoms in total. The highest BCUT2D eigenvalue weighted by atomic mass is 19.4. The summed E-state index contributed by atoms with van der Waals surface area (Å²) in [6.07, 6.45) is -3.31. The van der Waals surface area contributed by atoms with Gasteiger partial charge in [0.1, 0.15) is 5.75 Å². The topological polar surface area (TPSA) is 48.1 Å². The van der Waals surface area contributed by atoms with Gasteiger partial charge in [0.2, 0.25) is 0 Å². The van der Waals surface area contributed by atoms with Gasteiger partial charge in [-0.2, -0.15) is 0 Å². The van der Waals surface area contributed by atoms with Crippen molar-refractivity contribution < 1.29 is 17.9 Å². The summed E-state index contributed by atoms with van der Waals surface area (Å²) in [5.41, 5.74) is 6.15. The molecule has 2 aromatic rings. The van der Waals surface area contributed by atoms with E-state index in [1.54, 1.807) is 6.07 Å². The molecule has 6 heteroatoms. The highest BCUT2D eigenvalue weighted by Crippen LogP contribution is 2.32. The fourth-order valence-electron chi connectivity index (χ4n) is 1.41. The lowest BCUT2D eigenvalue weighted by Gasteiger charge is -2.11. The molecule has 1 aromatic carbocycles. The lowest BCUT2D eigenvalue weighted by atomic mass is 10.2. The Morgan fingerprint density at radius 1 is 1.19 bits per heavy atom. The van der Waals surface area contributed by atoms with Crippen molar-refractivity contribution >= 4 is 16.6 Å². The van der Waals surface area contributed by atoms with Gasteiger partial charge in [0.05, 0.1) is 10.9 Å². The van der Waals surface area contributed by atoms with E-state index in [0.29, 0.717) is 5.52 Å². The van der Waals surface area contributed by atoms with Crippen molar-refractivity contribution in [3.63, 3.8) is 0 Å². The van der Waals surface area contributed by atoms with Crippen LogP contribution in [-0.2, 0) is 0 Å². The molecular weight excluding hydrogens is 221 g/mol. The smallest absolute Gasteiger partial charge is 0.405 e. The number of rotatable bonds is 1. The van der Waals surface area contributed by atoms with Crippen LogP contribution in [0.5, 0.6) is 5.75 Å². The second-order valence-corrected chi connectivity index (χ2v) is 3.10. The van der Waals surface area contributed by atoms with Gasteiger partial charge in [-0.05, 0) is 18.2 Å². The monoisotopic (exact) mass is 228 g/mol. The molecule has 0 unspecified atom stereocenters. The molecule has 0 saturated heterocycles. The summed E-state index contributed by atoms with van der Waals surface area (Å²) in [5, 5.41) is 0.169. The lowest BCUT2D eigenvalue weighted by molar-refractivity contribution is -0.274. The Morgan fingerprint density at radius 2 is 1.94 bits per heavy atom. The molecule has 0 aliphatic heterocycles. The Morgan fingerprint density at radius 3 is 2.62 bits per heavy atom. The van der Waals surface area contributed by atoms with E-state index >= 15 is 0 Å². The van der Waals surface area contributed by atoms with Crippen LogP contribution in [0.25, 0.3) is 10.9 Å². The Kier molecular flexibility index (Phi) is 2.34. The number of ether oxygens (including phenoxy) is 1. The van der Waals surface area contributed by atoms with Crippen molar-refractivity contribution in [1.82, 2.24) is 4.98 Å². The number of anilines is 1. The van der Waals surface area contributed by atoms with E-state index in [4.69, 9.17) is 5.73 Å². The molecule has 2 N–H and O–H groups in total. The molecule has 0 bridgehead atoms. The van der Waals surface area contributed by atoms with Gasteiger partial charge in [0, 0.05) is 11.9 Å². The molecule has 1 heterocycles. The van der Waals surface area contributed by atoms with Gasteiger partial charge in [-0.3, -0.25) is 4.98 Å². The molecule has 0 saturated carbocycles. The van der Waals surface area contributed by atoms with Crippen molar-refractivity contribution in [1.29, 1.82) is 0 Å². The first-order chi connectivity index (χ1) is 7.47. The number of nitrogen functional groups attached to an aromatic ring is 1. The van der Waals surface area contributed by atoms with Gasteiger partial charge < -0.3 is 10.5 Å². The summed E-state index contributed by atoms with van der Waals surface area (Å²) in [6, 6.07) is 5.62. The standard InChI is InChI=1S/C10H7F3N2O/c11-10(12,13)16-8-3-1-2-7-9(8)6(14)4-5-15-7/h1-5H,(H2,14,15). The van der Waals surface area contributed by atoms with Crippen LogP contribution < -0.4 is 10.5 Å². The maximum absolute atomic E-state index is 12.1. The predicted molar refractivity (Wildman–Crippen MR) is 52.8 cm³/mol. The van der Waals surface area contributed by atoms with Crippen molar-refractivity contribution in [3.8, 4) is 5.75 Å². The first kappa shape index (κ1) is 10.5. The van der Waals surface area contributed by atoms with E-state index in [2.05, 4.69) is 9.72 Å². The largest absolute Gasteiger partial charge is 0.573 e. The molecule has 2 rings (SSSR count). The molecule has 0 atom stereocenters. The van der Waals surface area contributed by atoms with E-state index in [1.807, 2.05) is 0 Å². The average molecular weight is 228 g/mol. The molecule has 16 heavy (non-hydrogen) atoms. The van der Waals surface area contributed by atoms with Crippen molar-refractivity contribution in [2.45, 2.75) is 6.36 Å². The molecule has 0 fully saturated rings. The summed E-state index contributed by atoms with van der Waals surface area (Å²) in [6.45, 7) is 0. The first-order valence-electron chi connectivity index (χ1n) is 4.36. The summed E-state index contributed by atoms with van der Waals surface area (Å²) >= 11 is 0. The van der Waals surface area contributed by atoms with Crippen molar-refractivity contribution in [3.05, 3.63) is 30.5 Å². The number of pyridine rings is 1. The van der Waals surface area contributed by atoms with Crippen LogP contribution in [0.1, 0.15) is 0 Å². The molecular formula is C10H7F3N2O. The predicted octanol–water partition coefficient (Wildman–Crippen LogP) is 2.72. The Balaban J connectivity index is 2.61. The zero-order valence-electron chi connectivity index (χ0n) is 7.95. The minimum Gasteiger partial charge on any atom is -0.405 e. The van der Waals surface area contributed by atoms with Gasteiger partial charge >= 0.3 is 6.36 Å². The fourth-order valence-corrected chi connectivity index (χ4v) is 1.41. The number of alkyl halides is 3. The number of halogens is 3. The summed E-state index contributed by atoms with van der Waals surface area (Å²) in [4.78, 5) is 3.91. The minimum atomic E-state index is -4.74. The van der Waals surface area contributed by atoms with E-state index in [9.17, 15) is 13.2 Å². The second-order valence-electron chi connectivity index (χ2n) is 3.10. The molecule has 0 aliphatic carbocycles. The van der Waals surface area contributed by atoms with E-state index in [0.717, 1.165) is 0 Å². The Bertz CT molecular complexity index is 520. The van der Waals surface area contributed by atoms with Crippen LogP contribution in [0.3, 0.4) is 0 Å².